The zero-order valence-electron chi connectivity index (χ0n) is 10.5. The minimum atomic E-state index is -0.403. The van der Waals surface area contributed by atoms with Gasteiger partial charge in [0.1, 0.15) is 6.04 Å². The van der Waals surface area contributed by atoms with E-state index in [0.29, 0.717) is 0 Å². The van der Waals surface area contributed by atoms with Crippen molar-refractivity contribution in [3.8, 4) is 0 Å². The first kappa shape index (κ1) is 11.4. The Hall–Kier alpha value is -1.43. The molecular weight excluding hydrogens is 262 g/mol. The molecule has 2 aliphatic carbocycles. The Kier molecular flexibility index (Phi) is 2.42. The van der Waals surface area contributed by atoms with Crippen LogP contribution in [0, 0.1) is 0 Å². The summed E-state index contributed by atoms with van der Waals surface area (Å²) in [5.74, 6) is -0.100. The SMILES string of the molecule is O=C1CC(Nc2nc3c(s2)CCC3)C(=O)N1C1CC1. The molecule has 2 amide bonds. The highest BCUT2D eigenvalue weighted by Gasteiger charge is 2.46. The van der Waals surface area contributed by atoms with Gasteiger partial charge in [0, 0.05) is 10.9 Å². The smallest absolute Gasteiger partial charge is 0.252 e. The molecule has 1 atom stereocenters. The predicted octanol–water partition coefficient (Wildman–Crippen LogP) is 1.33. The number of thiazole rings is 1. The first-order chi connectivity index (χ1) is 9.22. The summed E-state index contributed by atoms with van der Waals surface area (Å²) in [5, 5.41) is 3.96. The lowest BCUT2D eigenvalue weighted by Gasteiger charge is -2.13. The van der Waals surface area contributed by atoms with Crippen molar-refractivity contribution in [3.63, 3.8) is 0 Å². The highest BCUT2D eigenvalue weighted by atomic mass is 32.1. The van der Waals surface area contributed by atoms with Crippen LogP contribution in [0.2, 0.25) is 0 Å². The number of anilines is 1. The highest BCUT2D eigenvalue weighted by Crippen LogP contribution is 2.34. The van der Waals surface area contributed by atoms with E-state index < -0.39 is 6.04 Å². The van der Waals surface area contributed by atoms with Crippen LogP contribution >= 0.6 is 11.3 Å². The van der Waals surface area contributed by atoms with Crippen LogP contribution < -0.4 is 5.32 Å². The molecule has 3 aliphatic rings. The molecule has 1 saturated carbocycles. The molecule has 0 radical (unpaired) electrons. The Morgan fingerprint density at radius 2 is 2.11 bits per heavy atom. The number of nitrogens with one attached hydrogen (secondary N) is 1. The Morgan fingerprint density at radius 1 is 1.26 bits per heavy atom. The van der Waals surface area contributed by atoms with Gasteiger partial charge in [-0.3, -0.25) is 14.5 Å². The molecule has 6 heteroatoms. The fourth-order valence-electron chi connectivity index (χ4n) is 2.88. The molecule has 19 heavy (non-hydrogen) atoms. The van der Waals surface area contributed by atoms with E-state index in [0.717, 1.165) is 30.8 Å². The Labute approximate surface area is 115 Å². The number of hydrogen-bond donors (Lipinski definition) is 1. The Bertz CT molecular complexity index is 543. The minimum Gasteiger partial charge on any atom is -0.349 e. The number of carbonyl (C=O) groups is 2. The van der Waals surface area contributed by atoms with E-state index in [1.54, 1.807) is 11.3 Å². The van der Waals surface area contributed by atoms with Gasteiger partial charge in [-0.1, -0.05) is 0 Å². The van der Waals surface area contributed by atoms with Gasteiger partial charge in [-0.2, -0.15) is 0 Å². The molecule has 2 fully saturated rings. The van der Waals surface area contributed by atoms with Crippen LogP contribution in [0.1, 0.15) is 36.3 Å². The third-order valence-corrected chi connectivity index (χ3v) is 5.08. The van der Waals surface area contributed by atoms with Gasteiger partial charge in [0.25, 0.3) is 5.91 Å². The standard InChI is InChI=1S/C13H15N3O2S/c17-11-6-9(12(18)16(11)7-4-5-7)15-13-14-8-2-1-3-10(8)19-13/h7,9H,1-6H2,(H,14,15). The Balaban J connectivity index is 1.50. The van der Waals surface area contributed by atoms with Crippen molar-refractivity contribution in [2.24, 2.45) is 0 Å². The Morgan fingerprint density at radius 3 is 2.84 bits per heavy atom. The van der Waals surface area contributed by atoms with Crippen molar-refractivity contribution in [2.45, 2.75) is 50.6 Å². The largest absolute Gasteiger partial charge is 0.349 e. The van der Waals surface area contributed by atoms with E-state index in [1.165, 1.54) is 21.9 Å². The zero-order valence-corrected chi connectivity index (χ0v) is 11.3. The first-order valence-corrected chi connectivity index (χ1v) is 7.65. The number of fused-ring (bicyclic) bond motifs is 1. The monoisotopic (exact) mass is 277 g/mol. The molecule has 5 nitrogen and oxygen atoms in total. The first-order valence-electron chi connectivity index (χ1n) is 6.83. The molecule has 4 rings (SSSR count). The molecular formula is C13H15N3O2S. The van der Waals surface area contributed by atoms with Crippen LogP contribution in [0.3, 0.4) is 0 Å². The van der Waals surface area contributed by atoms with Gasteiger partial charge >= 0.3 is 0 Å². The van der Waals surface area contributed by atoms with Gasteiger partial charge in [0.15, 0.2) is 5.13 Å². The molecule has 1 aromatic heterocycles. The highest BCUT2D eigenvalue weighted by molar-refractivity contribution is 7.15. The van der Waals surface area contributed by atoms with E-state index in [2.05, 4.69) is 10.3 Å². The second-order valence-electron chi connectivity index (χ2n) is 5.48. The summed E-state index contributed by atoms with van der Waals surface area (Å²) in [6.45, 7) is 0. The van der Waals surface area contributed by atoms with Crippen LogP contribution in [0.15, 0.2) is 0 Å². The summed E-state index contributed by atoms with van der Waals surface area (Å²) in [7, 11) is 0. The maximum Gasteiger partial charge on any atom is 0.252 e. The van der Waals surface area contributed by atoms with Crippen molar-refractivity contribution < 1.29 is 9.59 Å². The summed E-state index contributed by atoms with van der Waals surface area (Å²) in [5.41, 5.74) is 1.17. The average Bonchev–Trinajstić information content (AvgIpc) is 2.86. The van der Waals surface area contributed by atoms with E-state index in [9.17, 15) is 9.59 Å². The lowest BCUT2D eigenvalue weighted by atomic mass is 10.2. The van der Waals surface area contributed by atoms with Crippen molar-refractivity contribution in [1.82, 2.24) is 9.88 Å². The predicted molar refractivity (Wildman–Crippen MR) is 71.0 cm³/mol. The number of rotatable bonds is 3. The summed E-state index contributed by atoms with van der Waals surface area (Å²) in [6, 6.07) is -0.229. The minimum absolute atomic E-state index is 0.0332. The molecule has 2 heterocycles. The van der Waals surface area contributed by atoms with Crippen molar-refractivity contribution in [1.29, 1.82) is 0 Å². The molecule has 1 saturated heterocycles. The quantitative estimate of drug-likeness (QED) is 0.847. The average molecular weight is 277 g/mol. The van der Waals surface area contributed by atoms with Crippen LogP contribution in [-0.4, -0.2) is 33.8 Å². The third kappa shape index (κ3) is 1.85. The van der Waals surface area contributed by atoms with Crippen LogP contribution in [0.4, 0.5) is 5.13 Å². The number of carbonyl (C=O) groups excluding carboxylic acids is 2. The van der Waals surface area contributed by atoms with E-state index in [4.69, 9.17) is 0 Å². The molecule has 1 aromatic rings. The van der Waals surface area contributed by atoms with Gasteiger partial charge in [0.05, 0.1) is 12.1 Å². The summed E-state index contributed by atoms with van der Waals surface area (Å²) in [6.07, 6.45) is 5.54. The van der Waals surface area contributed by atoms with E-state index in [1.807, 2.05) is 0 Å². The van der Waals surface area contributed by atoms with Gasteiger partial charge < -0.3 is 5.32 Å². The molecule has 1 N–H and O–H groups in total. The number of amides is 2. The number of aryl methyl sites for hydroxylation is 2. The van der Waals surface area contributed by atoms with Gasteiger partial charge in [0.2, 0.25) is 5.91 Å². The lowest BCUT2D eigenvalue weighted by molar-refractivity contribution is -0.139. The molecule has 0 bridgehead atoms. The molecule has 1 unspecified atom stereocenters. The second-order valence-corrected chi connectivity index (χ2v) is 6.56. The van der Waals surface area contributed by atoms with E-state index in [-0.39, 0.29) is 24.3 Å². The summed E-state index contributed by atoms with van der Waals surface area (Å²) >= 11 is 1.63. The third-order valence-electron chi connectivity index (χ3n) is 3.99. The fourth-order valence-corrected chi connectivity index (χ4v) is 3.98. The number of likely N-dealkylation sites (tertiary alicyclic amines) is 1. The van der Waals surface area contributed by atoms with Crippen molar-refractivity contribution in [2.75, 3.05) is 5.32 Å². The lowest BCUT2D eigenvalue weighted by Crippen LogP contribution is -2.36. The number of aromatic nitrogens is 1. The van der Waals surface area contributed by atoms with E-state index >= 15 is 0 Å². The molecule has 100 valence electrons. The summed E-state index contributed by atoms with van der Waals surface area (Å²) in [4.78, 5) is 31.4. The van der Waals surface area contributed by atoms with Crippen molar-refractivity contribution in [3.05, 3.63) is 10.6 Å². The zero-order chi connectivity index (χ0) is 13.0. The second kappa shape index (κ2) is 4.03. The fraction of sp³-hybridized carbons (Fsp3) is 0.615. The van der Waals surface area contributed by atoms with Crippen LogP contribution in [0.25, 0.3) is 0 Å². The van der Waals surface area contributed by atoms with Crippen LogP contribution in [0.5, 0.6) is 0 Å². The van der Waals surface area contributed by atoms with Gasteiger partial charge in [-0.15, -0.1) is 11.3 Å². The van der Waals surface area contributed by atoms with Crippen LogP contribution in [-0.2, 0) is 22.4 Å². The maximum absolute atomic E-state index is 12.2. The van der Waals surface area contributed by atoms with Gasteiger partial charge in [-0.25, -0.2) is 4.98 Å². The number of nitrogens with zero attached hydrogens (tertiary/aromatic N) is 2. The summed E-state index contributed by atoms with van der Waals surface area (Å²) < 4.78 is 0. The topological polar surface area (TPSA) is 62.3 Å². The molecule has 0 aromatic carbocycles. The number of hydrogen-bond acceptors (Lipinski definition) is 5. The number of imide groups is 1. The molecule has 1 aliphatic heterocycles. The van der Waals surface area contributed by atoms with Gasteiger partial charge in [-0.05, 0) is 32.1 Å². The maximum atomic E-state index is 12.2. The van der Waals surface area contributed by atoms with Crippen molar-refractivity contribution >= 4 is 28.3 Å². The normalized spacial score (nSPS) is 26.1. The molecule has 0 spiro atoms.